The molecule has 31 heavy (non-hydrogen) atoms. The molecule has 6 nitrogen and oxygen atoms in total. The highest BCUT2D eigenvalue weighted by Gasteiger charge is 2.30. The maximum absolute atomic E-state index is 12.7. The molecular weight excluding hydrogens is 411 g/mol. The number of amides is 1. The molecule has 0 aliphatic carbocycles. The number of rotatable bonds is 5. The zero-order chi connectivity index (χ0) is 21.8. The van der Waals surface area contributed by atoms with Crippen molar-refractivity contribution in [3.63, 3.8) is 0 Å². The minimum atomic E-state index is -4.45. The zero-order valence-electron chi connectivity index (χ0n) is 15.8. The van der Waals surface area contributed by atoms with Crippen LogP contribution in [0.4, 0.5) is 19.2 Å². The number of ether oxygens (including phenoxy) is 1. The summed E-state index contributed by atoms with van der Waals surface area (Å²) < 4.78 is 49.2. The van der Waals surface area contributed by atoms with Gasteiger partial charge in [-0.1, -0.05) is 35.4 Å². The van der Waals surface area contributed by atoms with Crippen molar-refractivity contribution in [1.82, 2.24) is 10.2 Å². The van der Waals surface area contributed by atoms with E-state index < -0.39 is 17.6 Å². The average molecular weight is 425 g/mol. The summed E-state index contributed by atoms with van der Waals surface area (Å²) in [6.07, 6.45) is -4.45. The highest BCUT2D eigenvalue weighted by atomic mass is 19.4. The Labute approximate surface area is 174 Å². The molecule has 1 aromatic heterocycles. The van der Waals surface area contributed by atoms with E-state index in [1.54, 1.807) is 24.3 Å². The van der Waals surface area contributed by atoms with Crippen LogP contribution in [0, 0.1) is 0 Å². The van der Waals surface area contributed by atoms with Crippen molar-refractivity contribution >= 4 is 11.9 Å². The first-order chi connectivity index (χ1) is 14.9. The number of hydrogen-bond acceptors (Lipinski definition) is 5. The number of aromatic nitrogens is 2. The van der Waals surface area contributed by atoms with Gasteiger partial charge in [-0.05, 0) is 48.5 Å². The monoisotopic (exact) mass is 425 g/mol. The van der Waals surface area contributed by atoms with Gasteiger partial charge in [0.15, 0.2) is 0 Å². The Morgan fingerprint density at radius 2 is 1.55 bits per heavy atom. The quantitative estimate of drug-likeness (QED) is 0.437. The SMILES string of the molecule is O=C(Nc1nnc(-c2ccccc2)o1)c1ccccc1Oc1ccc(C(F)(F)F)cc1. The van der Waals surface area contributed by atoms with Crippen LogP contribution in [0.15, 0.2) is 83.3 Å². The highest BCUT2D eigenvalue weighted by Crippen LogP contribution is 2.32. The number of alkyl halides is 3. The summed E-state index contributed by atoms with van der Waals surface area (Å²) >= 11 is 0. The van der Waals surface area contributed by atoms with Crippen molar-refractivity contribution in [2.24, 2.45) is 0 Å². The summed E-state index contributed by atoms with van der Waals surface area (Å²) in [7, 11) is 0. The summed E-state index contributed by atoms with van der Waals surface area (Å²) in [5.74, 6) is -0.0316. The topological polar surface area (TPSA) is 77.3 Å². The van der Waals surface area contributed by atoms with E-state index in [1.807, 2.05) is 18.2 Å². The summed E-state index contributed by atoms with van der Waals surface area (Å²) in [5, 5.41) is 10.2. The van der Waals surface area contributed by atoms with Gasteiger partial charge in [-0.15, -0.1) is 5.10 Å². The van der Waals surface area contributed by atoms with Crippen LogP contribution in [0.3, 0.4) is 0 Å². The summed E-state index contributed by atoms with van der Waals surface area (Å²) in [6.45, 7) is 0. The second-order valence-electron chi connectivity index (χ2n) is 6.35. The first kappa shape index (κ1) is 20.1. The van der Waals surface area contributed by atoms with Crippen LogP contribution in [0.1, 0.15) is 15.9 Å². The van der Waals surface area contributed by atoms with Crippen LogP contribution in [0.5, 0.6) is 11.5 Å². The van der Waals surface area contributed by atoms with Gasteiger partial charge in [0, 0.05) is 5.56 Å². The van der Waals surface area contributed by atoms with Crippen LogP contribution in [0.2, 0.25) is 0 Å². The van der Waals surface area contributed by atoms with Gasteiger partial charge in [-0.2, -0.15) is 13.2 Å². The Morgan fingerprint density at radius 3 is 2.26 bits per heavy atom. The van der Waals surface area contributed by atoms with Crippen molar-refractivity contribution in [1.29, 1.82) is 0 Å². The minimum Gasteiger partial charge on any atom is -0.457 e. The lowest BCUT2D eigenvalue weighted by molar-refractivity contribution is -0.137. The first-order valence-electron chi connectivity index (χ1n) is 9.04. The Balaban J connectivity index is 1.50. The highest BCUT2D eigenvalue weighted by molar-refractivity contribution is 6.05. The van der Waals surface area contributed by atoms with Crippen molar-refractivity contribution in [2.45, 2.75) is 6.18 Å². The molecule has 4 rings (SSSR count). The molecule has 0 unspecified atom stereocenters. The third-order valence-corrected chi connectivity index (χ3v) is 4.21. The number of nitrogens with zero attached hydrogens (tertiary/aromatic N) is 2. The number of benzene rings is 3. The molecule has 1 heterocycles. The number of carbonyl (C=O) groups excluding carboxylic acids is 1. The summed E-state index contributed by atoms with van der Waals surface area (Å²) in [5.41, 5.74) is 0.0416. The average Bonchev–Trinajstić information content (AvgIpc) is 3.23. The Bertz CT molecular complexity index is 1190. The Hall–Kier alpha value is -4.14. The Kier molecular flexibility index (Phi) is 5.40. The molecule has 0 spiro atoms. The molecule has 1 N–H and O–H groups in total. The van der Waals surface area contributed by atoms with Crippen molar-refractivity contribution < 1.29 is 27.1 Å². The molecule has 9 heteroatoms. The molecule has 0 atom stereocenters. The standard InChI is InChI=1S/C22H14F3N3O3/c23-22(24,25)15-10-12-16(13-11-15)30-18-9-5-4-8-17(18)19(29)26-21-28-27-20(31-21)14-6-2-1-3-7-14/h1-13H,(H,26,28,29). The number of nitrogens with one attached hydrogen (secondary N) is 1. The van der Waals surface area contributed by atoms with Gasteiger partial charge in [0.1, 0.15) is 11.5 Å². The third kappa shape index (κ3) is 4.72. The first-order valence-corrected chi connectivity index (χ1v) is 9.04. The van der Waals surface area contributed by atoms with Gasteiger partial charge < -0.3 is 9.15 Å². The van der Waals surface area contributed by atoms with Gasteiger partial charge in [-0.25, -0.2) is 0 Å². The van der Waals surface area contributed by atoms with Crippen LogP contribution < -0.4 is 10.1 Å². The van der Waals surface area contributed by atoms with E-state index in [9.17, 15) is 18.0 Å². The molecule has 1 amide bonds. The second kappa shape index (κ2) is 8.31. The molecule has 0 radical (unpaired) electrons. The number of para-hydroxylation sites is 1. The van der Waals surface area contributed by atoms with E-state index in [-0.39, 0.29) is 29.0 Å². The van der Waals surface area contributed by atoms with Crippen LogP contribution in [0.25, 0.3) is 11.5 Å². The zero-order valence-corrected chi connectivity index (χ0v) is 15.8. The van der Waals surface area contributed by atoms with E-state index in [4.69, 9.17) is 9.15 Å². The van der Waals surface area contributed by atoms with E-state index in [1.165, 1.54) is 24.3 Å². The molecule has 0 aliphatic rings. The van der Waals surface area contributed by atoms with Crippen LogP contribution >= 0.6 is 0 Å². The van der Waals surface area contributed by atoms with Crippen LogP contribution in [-0.4, -0.2) is 16.1 Å². The van der Waals surface area contributed by atoms with Gasteiger partial charge in [0.25, 0.3) is 5.91 Å². The maximum atomic E-state index is 12.7. The summed E-state index contributed by atoms with van der Waals surface area (Å²) in [4.78, 5) is 12.7. The smallest absolute Gasteiger partial charge is 0.416 e. The fourth-order valence-corrected chi connectivity index (χ4v) is 2.72. The lowest BCUT2D eigenvalue weighted by Gasteiger charge is -2.11. The van der Waals surface area contributed by atoms with E-state index in [2.05, 4.69) is 15.5 Å². The molecule has 4 aromatic rings. The number of anilines is 1. The van der Waals surface area contributed by atoms with Crippen molar-refractivity contribution in [2.75, 3.05) is 5.32 Å². The summed E-state index contributed by atoms with van der Waals surface area (Å²) in [6, 6.07) is 19.4. The predicted molar refractivity (Wildman–Crippen MR) is 106 cm³/mol. The third-order valence-electron chi connectivity index (χ3n) is 4.21. The van der Waals surface area contributed by atoms with Crippen LogP contribution in [-0.2, 0) is 6.18 Å². The normalized spacial score (nSPS) is 11.2. The van der Waals surface area contributed by atoms with Gasteiger partial charge in [0.05, 0.1) is 11.1 Å². The van der Waals surface area contributed by atoms with E-state index in [0.29, 0.717) is 5.56 Å². The van der Waals surface area contributed by atoms with Gasteiger partial charge >= 0.3 is 12.2 Å². The fourth-order valence-electron chi connectivity index (χ4n) is 2.72. The van der Waals surface area contributed by atoms with Gasteiger partial charge in [0.2, 0.25) is 5.89 Å². The molecule has 0 bridgehead atoms. The Morgan fingerprint density at radius 1 is 0.871 bits per heavy atom. The largest absolute Gasteiger partial charge is 0.457 e. The fraction of sp³-hybridized carbons (Fsp3) is 0.0455. The lowest BCUT2D eigenvalue weighted by atomic mass is 10.2. The maximum Gasteiger partial charge on any atom is 0.416 e. The van der Waals surface area contributed by atoms with E-state index in [0.717, 1.165) is 12.1 Å². The number of hydrogen-bond donors (Lipinski definition) is 1. The van der Waals surface area contributed by atoms with Crippen molar-refractivity contribution in [3.05, 3.63) is 90.0 Å². The molecule has 0 aliphatic heterocycles. The predicted octanol–water partition coefficient (Wildman–Crippen LogP) is 5.80. The molecule has 0 saturated carbocycles. The minimum absolute atomic E-state index is 0.104. The van der Waals surface area contributed by atoms with Crippen molar-refractivity contribution in [3.8, 4) is 23.0 Å². The second-order valence-corrected chi connectivity index (χ2v) is 6.35. The molecule has 156 valence electrons. The molecule has 3 aromatic carbocycles. The molecular formula is C22H14F3N3O3. The van der Waals surface area contributed by atoms with Gasteiger partial charge in [-0.3, -0.25) is 10.1 Å². The van der Waals surface area contributed by atoms with E-state index >= 15 is 0 Å². The lowest BCUT2D eigenvalue weighted by Crippen LogP contribution is -2.13. The number of carbonyl (C=O) groups is 1. The molecule has 0 fully saturated rings. The number of halogens is 3. The molecule has 0 saturated heterocycles.